The fraction of sp³-hybridized carbons (Fsp3) is 0.312. The lowest BCUT2D eigenvalue weighted by Crippen LogP contribution is -2.49. The molecule has 0 aromatic heterocycles. The number of allylic oxidation sites excluding steroid dienone is 1. The van der Waals surface area contributed by atoms with E-state index < -0.39 is 23.8 Å². The van der Waals surface area contributed by atoms with Crippen molar-refractivity contribution in [2.75, 3.05) is 7.11 Å². The Balaban J connectivity index is 2.43. The third kappa shape index (κ3) is 2.46. The zero-order chi connectivity index (χ0) is 15.6. The molecule has 0 N–H and O–H groups in total. The molecule has 2 rings (SSSR count). The minimum Gasteiger partial charge on any atom is -0.467 e. The molecule has 110 valence electrons. The number of hydrogen-bond donors (Lipinski definition) is 0. The number of methoxy groups -OCH3 is 1. The molecule has 1 aromatic rings. The Kier molecular flexibility index (Phi) is 4.21. The van der Waals surface area contributed by atoms with E-state index in [1.165, 1.54) is 7.11 Å². The highest BCUT2D eigenvalue weighted by Gasteiger charge is 2.45. The van der Waals surface area contributed by atoms with Gasteiger partial charge in [0.1, 0.15) is 6.04 Å². The molecule has 0 saturated carbocycles. The van der Waals surface area contributed by atoms with Crippen molar-refractivity contribution in [1.82, 2.24) is 4.90 Å². The molecule has 0 radical (unpaired) electrons. The molecule has 0 fully saturated rings. The topological polar surface area (TPSA) is 63.7 Å². The van der Waals surface area contributed by atoms with E-state index in [0.717, 1.165) is 4.90 Å². The maximum absolute atomic E-state index is 12.4. The van der Waals surface area contributed by atoms with Gasteiger partial charge in [-0.2, -0.15) is 0 Å². The number of esters is 1. The standard InChI is InChI=1S/C16H17NO4/c1-4-7-10(2)13(16(20)21-3)17-14(18)11-8-5-6-9-12(11)15(17)19/h4-6,8-10,13H,1,7H2,2-3H3/t10-,13+/m0/s1. The van der Waals surface area contributed by atoms with E-state index in [9.17, 15) is 14.4 Å². The van der Waals surface area contributed by atoms with Crippen LogP contribution in [0.3, 0.4) is 0 Å². The summed E-state index contributed by atoms with van der Waals surface area (Å²) in [5, 5.41) is 0. The first-order valence-corrected chi connectivity index (χ1v) is 6.68. The molecular weight excluding hydrogens is 270 g/mol. The Morgan fingerprint density at radius 2 is 1.81 bits per heavy atom. The Labute approximate surface area is 123 Å². The van der Waals surface area contributed by atoms with Crippen LogP contribution in [0.25, 0.3) is 0 Å². The van der Waals surface area contributed by atoms with Crippen LogP contribution in [0.15, 0.2) is 36.9 Å². The first-order chi connectivity index (χ1) is 10.0. The zero-order valence-electron chi connectivity index (χ0n) is 12.0. The molecular formula is C16H17NO4. The quantitative estimate of drug-likeness (QED) is 0.472. The molecule has 0 bridgehead atoms. The van der Waals surface area contributed by atoms with Crippen LogP contribution in [0.1, 0.15) is 34.1 Å². The number of imide groups is 1. The number of benzene rings is 1. The molecule has 1 heterocycles. The average molecular weight is 287 g/mol. The van der Waals surface area contributed by atoms with E-state index in [4.69, 9.17) is 4.74 Å². The summed E-state index contributed by atoms with van der Waals surface area (Å²) in [6.07, 6.45) is 2.14. The number of carbonyl (C=O) groups is 3. The Hall–Kier alpha value is -2.43. The Morgan fingerprint density at radius 1 is 1.29 bits per heavy atom. The smallest absolute Gasteiger partial charge is 0.329 e. The van der Waals surface area contributed by atoms with E-state index in [0.29, 0.717) is 17.5 Å². The lowest BCUT2D eigenvalue weighted by molar-refractivity contribution is -0.146. The van der Waals surface area contributed by atoms with Gasteiger partial charge >= 0.3 is 5.97 Å². The third-order valence-corrected chi connectivity index (χ3v) is 3.62. The first-order valence-electron chi connectivity index (χ1n) is 6.68. The number of carbonyl (C=O) groups excluding carboxylic acids is 3. The zero-order valence-corrected chi connectivity index (χ0v) is 12.0. The minimum atomic E-state index is -0.944. The van der Waals surface area contributed by atoms with Crippen molar-refractivity contribution in [2.24, 2.45) is 5.92 Å². The lowest BCUT2D eigenvalue weighted by Gasteiger charge is -2.28. The molecule has 5 heteroatoms. The van der Waals surface area contributed by atoms with Crippen molar-refractivity contribution in [1.29, 1.82) is 0 Å². The molecule has 5 nitrogen and oxygen atoms in total. The van der Waals surface area contributed by atoms with Crippen LogP contribution in [0.2, 0.25) is 0 Å². The molecule has 0 spiro atoms. The molecule has 2 atom stereocenters. The van der Waals surface area contributed by atoms with Crippen LogP contribution >= 0.6 is 0 Å². The van der Waals surface area contributed by atoms with Crippen molar-refractivity contribution in [3.05, 3.63) is 48.0 Å². The van der Waals surface area contributed by atoms with Crippen LogP contribution in [0.5, 0.6) is 0 Å². The minimum absolute atomic E-state index is 0.267. The molecule has 1 aliphatic rings. The van der Waals surface area contributed by atoms with E-state index in [2.05, 4.69) is 6.58 Å². The van der Waals surface area contributed by atoms with Gasteiger partial charge in [0.2, 0.25) is 0 Å². The summed E-state index contributed by atoms with van der Waals surface area (Å²) in [6.45, 7) is 5.42. The lowest BCUT2D eigenvalue weighted by atomic mass is 9.96. The van der Waals surface area contributed by atoms with Gasteiger partial charge in [0.15, 0.2) is 0 Å². The van der Waals surface area contributed by atoms with E-state index >= 15 is 0 Å². The Morgan fingerprint density at radius 3 is 2.24 bits per heavy atom. The number of nitrogens with zero attached hydrogens (tertiary/aromatic N) is 1. The molecule has 21 heavy (non-hydrogen) atoms. The van der Waals surface area contributed by atoms with Gasteiger partial charge in [-0.15, -0.1) is 6.58 Å². The highest BCUT2D eigenvalue weighted by molar-refractivity contribution is 6.22. The summed E-state index contributed by atoms with van der Waals surface area (Å²) in [5.74, 6) is -1.78. The first kappa shape index (κ1) is 15.0. The predicted octanol–water partition coefficient (Wildman–Crippen LogP) is 2.04. The number of ether oxygens (including phenoxy) is 1. The fourth-order valence-corrected chi connectivity index (χ4v) is 2.57. The molecule has 2 amide bonds. The van der Waals surface area contributed by atoms with Gasteiger partial charge in [0, 0.05) is 0 Å². The molecule has 1 aliphatic heterocycles. The summed E-state index contributed by atoms with van der Waals surface area (Å²) < 4.78 is 4.77. The van der Waals surface area contributed by atoms with E-state index in [1.807, 2.05) is 0 Å². The van der Waals surface area contributed by atoms with Gasteiger partial charge in [-0.05, 0) is 24.5 Å². The van der Waals surface area contributed by atoms with Crippen LogP contribution in [-0.4, -0.2) is 35.8 Å². The van der Waals surface area contributed by atoms with Crippen molar-refractivity contribution in [2.45, 2.75) is 19.4 Å². The van der Waals surface area contributed by atoms with Gasteiger partial charge in [-0.3, -0.25) is 14.5 Å². The molecule has 0 unspecified atom stereocenters. The van der Waals surface area contributed by atoms with Crippen molar-refractivity contribution in [3.8, 4) is 0 Å². The second-order valence-electron chi connectivity index (χ2n) is 5.00. The van der Waals surface area contributed by atoms with Gasteiger partial charge in [-0.1, -0.05) is 25.1 Å². The fourth-order valence-electron chi connectivity index (χ4n) is 2.57. The van der Waals surface area contributed by atoms with E-state index in [1.54, 1.807) is 37.3 Å². The molecule has 1 aromatic carbocycles. The van der Waals surface area contributed by atoms with Crippen molar-refractivity contribution in [3.63, 3.8) is 0 Å². The van der Waals surface area contributed by atoms with Gasteiger partial charge in [-0.25, -0.2) is 4.79 Å². The number of amides is 2. The monoisotopic (exact) mass is 287 g/mol. The molecule has 0 aliphatic carbocycles. The van der Waals surface area contributed by atoms with Crippen LogP contribution in [0, 0.1) is 5.92 Å². The third-order valence-electron chi connectivity index (χ3n) is 3.62. The van der Waals surface area contributed by atoms with Gasteiger partial charge in [0.05, 0.1) is 18.2 Å². The largest absolute Gasteiger partial charge is 0.467 e. The van der Waals surface area contributed by atoms with Crippen LogP contribution in [-0.2, 0) is 9.53 Å². The summed E-state index contributed by atoms with van der Waals surface area (Å²) >= 11 is 0. The summed E-state index contributed by atoms with van der Waals surface area (Å²) in [6, 6.07) is 5.60. The highest BCUT2D eigenvalue weighted by atomic mass is 16.5. The number of rotatable bonds is 5. The highest BCUT2D eigenvalue weighted by Crippen LogP contribution is 2.28. The second-order valence-corrected chi connectivity index (χ2v) is 5.00. The van der Waals surface area contributed by atoms with Gasteiger partial charge in [0.25, 0.3) is 11.8 Å². The van der Waals surface area contributed by atoms with Gasteiger partial charge < -0.3 is 4.74 Å². The van der Waals surface area contributed by atoms with Crippen molar-refractivity contribution >= 4 is 17.8 Å². The summed E-state index contributed by atoms with van der Waals surface area (Å²) in [5.41, 5.74) is 0.643. The van der Waals surface area contributed by atoms with Crippen LogP contribution < -0.4 is 0 Å². The Bertz CT molecular complexity index is 573. The number of fused-ring (bicyclic) bond motifs is 1. The predicted molar refractivity (Wildman–Crippen MR) is 76.7 cm³/mol. The second kappa shape index (κ2) is 5.91. The number of hydrogen-bond acceptors (Lipinski definition) is 4. The summed E-state index contributed by atoms with van der Waals surface area (Å²) in [4.78, 5) is 38.0. The average Bonchev–Trinajstić information content (AvgIpc) is 2.73. The SMILES string of the molecule is C=CC[C@H](C)[C@H](C(=O)OC)N1C(=O)c2ccccc2C1=O. The normalized spacial score (nSPS) is 16.4. The van der Waals surface area contributed by atoms with Crippen molar-refractivity contribution < 1.29 is 19.1 Å². The maximum Gasteiger partial charge on any atom is 0.329 e. The summed E-state index contributed by atoms with van der Waals surface area (Å²) in [7, 11) is 1.24. The molecule has 0 saturated heterocycles. The van der Waals surface area contributed by atoms with Crippen LogP contribution in [0.4, 0.5) is 0 Å². The maximum atomic E-state index is 12.4. The van der Waals surface area contributed by atoms with E-state index in [-0.39, 0.29) is 5.92 Å².